The number of hydrogen-bond acceptors (Lipinski definition) is 5. The van der Waals surface area contributed by atoms with Gasteiger partial charge in [-0.15, -0.1) is 0 Å². The van der Waals surface area contributed by atoms with Crippen molar-refractivity contribution in [1.82, 2.24) is 14.8 Å². The molecule has 0 saturated heterocycles. The predicted octanol–water partition coefficient (Wildman–Crippen LogP) is 3.82. The summed E-state index contributed by atoms with van der Waals surface area (Å²) in [4.78, 5) is 21.2. The van der Waals surface area contributed by atoms with Crippen LogP contribution in [0.2, 0.25) is 5.02 Å². The zero-order chi connectivity index (χ0) is 24.3. The van der Waals surface area contributed by atoms with Crippen molar-refractivity contribution in [2.24, 2.45) is 4.99 Å². The van der Waals surface area contributed by atoms with Crippen LogP contribution in [-0.2, 0) is 16.0 Å². The number of aromatic nitrogens is 1. The molecule has 0 aliphatic rings. The number of rotatable bonds is 6. The fraction of sp³-hybridized carbons (Fsp3) is 0.250. The summed E-state index contributed by atoms with van der Waals surface area (Å²) in [5.74, 6) is -1.11. The number of aliphatic imine (C=N–C) groups is 1. The first-order valence-corrected chi connectivity index (χ1v) is 10.8. The monoisotopic (exact) mass is 488 g/mol. The van der Waals surface area contributed by atoms with E-state index >= 15 is 0 Å². The van der Waals surface area contributed by atoms with E-state index in [0.717, 1.165) is 6.34 Å². The summed E-state index contributed by atoms with van der Waals surface area (Å²) in [7, 11) is 1.56. The molecule has 0 aliphatic carbocycles. The summed E-state index contributed by atoms with van der Waals surface area (Å²) in [6.07, 6.45) is -2.17. The van der Waals surface area contributed by atoms with Gasteiger partial charge in [0.05, 0.1) is 16.8 Å². The molecular formula is C20H20ClF3N4O3S. The molecule has 1 heterocycles. The largest absolute Gasteiger partial charge is 0.417 e. The molecule has 0 fully saturated rings. The van der Waals surface area contributed by atoms with E-state index in [4.69, 9.17) is 11.6 Å². The number of halogens is 4. The number of pyridine rings is 1. The highest BCUT2D eigenvalue weighted by Gasteiger charge is 2.36. The van der Waals surface area contributed by atoms with Gasteiger partial charge in [-0.3, -0.25) is 4.79 Å². The highest BCUT2D eigenvalue weighted by atomic mass is 35.5. The number of alkyl halides is 3. The molecule has 32 heavy (non-hydrogen) atoms. The van der Waals surface area contributed by atoms with Gasteiger partial charge in [-0.25, -0.2) is 13.4 Å². The van der Waals surface area contributed by atoms with Gasteiger partial charge >= 0.3 is 6.18 Å². The van der Waals surface area contributed by atoms with Crippen LogP contribution in [0.15, 0.2) is 52.6 Å². The maximum atomic E-state index is 13.5. The SMILES string of the molecule is CN(C)C=NC(=O)c1ncc(C(F)(F)F)cc1S(=O)(=O)C(=CN(C)C)c1ccc(Cl)cc1. The van der Waals surface area contributed by atoms with Gasteiger partial charge in [0.25, 0.3) is 5.91 Å². The summed E-state index contributed by atoms with van der Waals surface area (Å²) < 4.78 is 67.1. The minimum absolute atomic E-state index is 0.163. The minimum atomic E-state index is -4.88. The number of nitrogens with zero attached hydrogens (tertiary/aromatic N) is 4. The summed E-state index contributed by atoms with van der Waals surface area (Å²) in [6, 6.07) is 6.07. The van der Waals surface area contributed by atoms with Crippen molar-refractivity contribution in [1.29, 1.82) is 0 Å². The molecular weight excluding hydrogens is 469 g/mol. The third kappa shape index (κ3) is 6.07. The van der Waals surface area contributed by atoms with Crippen LogP contribution in [0.1, 0.15) is 21.6 Å². The second-order valence-corrected chi connectivity index (χ2v) is 9.37. The van der Waals surface area contributed by atoms with E-state index in [-0.39, 0.29) is 10.5 Å². The van der Waals surface area contributed by atoms with Crippen molar-refractivity contribution in [3.05, 3.63) is 64.6 Å². The van der Waals surface area contributed by atoms with Crippen molar-refractivity contribution < 1.29 is 26.4 Å². The van der Waals surface area contributed by atoms with Gasteiger partial charge in [0.15, 0.2) is 0 Å². The van der Waals surface area contributed by atoms with Gasteiger partial charge in [0.1, 0.15) is 10.6 Å². The topological polar surface area (TPSA) is 82.9 Å². The Balaban J connectivity index is 2.82. The highest BCUT2D eigenvalue weighted by Crippen LogP contribution is 2.35. The molecule has 0 N–H and O–H groups in total. The van der Waals surface area contributed by atoms with Crippen molar-refractivity contribution in [3.8, 4) is 0 Å². The molecule has 0 saturated carbocycles. The molecule has 7 nitrogen and oxygen atoms in total. The zero-order valence-electron chi connectivity index (χ0n) is 17.6. The maximum absolute atomic E-state index is 13.5. The standard InChI is InChI=1S/C20H20ClF3N4O3S/c1-27(2)11-17(13-5-7-15(21)8-6-13)32(30,31)16-9-14(20(22,23)24)10-25-18(16)19(29)26-12-28(3)4/h5-12H,1-4H3. The predicted molar refractivity (Wildman–Crippen MR) is 116 cm³/mol. The van der Waals surface area contributed by atoms with Gasteiger partial charge < -0.3 is 9.80 Å². The molecule has 0 unspecified atom stereocenters. The zero-order valence-corrected chi connectivity index (χ0v) is 19.1. The summed E-state index contributed by atoms with van der Waals surface area (Å²) in [5, 5.41) is 0.338. The van der Waals surface area contributed by atoms with E-state index in [2.05, 4.69) is 9.98 Å². The number of carbonyl (C=O) groups is 1. The fourth-order valence-corrected chi connectivity index (χ4v) is 4.30. The van der Waals surface area contributed by atoms with Gasteiger partial charge in [0.2, 0.25) is 9.84 Å². The molecule has 0 spiro atoms. The summed E-state index contributed by atoms with van der Waals surface area (Å²) >= 11 is 5.87. The van der Waals surface area contributed by atoms with Gasteiger partial charge in [-0.2, -0.15) is 18.2 Å². The first kappa shape index (κ1) is 25.3. The Kier molecular flexibility index (Phi) is 7.68. The Morgan fingerprint density at radius 2 is 1.69 bits per heavy atom. The average molecular weight is 489 g/mol. The molecule has 1 aromatic carbocycles. The molecule has 12 heteroatoms. The number of amides is 1. The number of hydrogen-bond donors (Lipinski definition) is 0. The van der Waals surface area contributed by atoms with Gasteiger partial charge in [-0.1, -0.05) is 23.7 Å². The second kappa shape index (κ2) is 9.70. The van der Waals surface area contributed by atoms with Crippen LogP contribution in [0.4, 0.5) is 13.2 Å². The van der Waals surface area contributed by atoms with Gasteiger partial charge in [0, 0.05) is 45.6 Å². The van der Waals surface area contributed by atoms with Crippen LogP contribution in [0.5, 0.6) is 0 Å². The normalized spacial score (nSPS) is 12.8. The van der Waals surface area contributed by atoms with Crippen LogP contribution >= 0.6 is 11.6 Å². The highest BCUT2D eigenvalue weighted by molar-refractivity contribution is 8.00. The Hall–Kier alpha value is -2.92. The van der Waals surface area contributed by atoms with Crippen LogP contribution in [0.3, 0.4) is 0 Å². The molecule has 0 radical (unpaired) electrons. The lowest BCUT2D eigenvalue weighted by Crippen LogP contribution is -2.18. The third-order valence-corrected chi connectivity index (χ3v) is 5.93. The van der Waals surface area contributed by atoms with Crippen LogP contribution in [0.25, 0.3) is 4.91 Å². The second-order valence-electron chi connectivity index (χ2n) is 7.05. The van der Waals surface area contributed by atoms with E-state index in [9.17, 15) is 26.4 Å². The van der Waals surface area contributed by atoms with Crippen LogP contribution in [0, 0.1) is 0 Å². The van der Waals surface area contributed by atoms with Gasteiger partial charge in [-0.05, 0) is 23.8 Å². The van der Waals surface area contributed by atoms with E-state index in [0.29, 0.717) is 17.3 Å². The summed E-state index contributed by atoms with van der Waals surface area (Å²) in [6.45, 7) is 0. The van der Waals surface area contributed by atoms with E-state index < -0.39 is 38.1 Å². The first-order valence-electron chi connectivity index (χ1n) is 8.95. The van der Waals surface area contributed by atoms with E-state index in [1.54, 1.807) is 28.2 Å². The van der Waals surface area contributed by atoms with E-state index in [1.165, 1.54) is 40.3 Å². The quantitative estimate of drug-likeness (QED) is 0.454. The Morgan fingerprint density at radius 3 is 2.19 bits per heavy atom. The molecule has 2 rings (SSSR count). The number of sulfone groups is 1. The number of carbonyl (C=O) groups excluding carboxylic acids is 1. The summed E-state index contributed by atoms with van der Waals surface area (Å²) in [5.41, 5.74) is -1.88. The van der Waals surface area contributed by atoms with Crippen LogP contribution in [-0.4, -0.2) is 63.6 Å². The molecule has 0 bridgehead atoms. The Labute approximate surface area is 188 Å². The Bertz CT molecular complexity index is 1160. The lowest BCUT2D eigenvalue weighted by molar-refractivity contribution is -0.138. The Morgan fingerprint density at radius 1 is 1.09 bits per heavy atom. The maximum Gasteiger partial charge on any atom is 0.417 e. The van der Waals surface area contributed by atoms with Crippen molar-refractivity contribution in [2.75, 3.05) is 28.2 Å². The molecule has 1 aromatic heterocycles. The molecule has 0 atom stereocenters. The lowest BCUT2D eigenvalue weighted by Gasteiger charge is -2.16. The first-order chi connectivity index (χ1) is 14.7. The fourth-order valence-electron chi connectivity index (χ4n) is 2.46. The smallest absolute Gasteiger partial charge is 0.382 e. The average Bonchev–Trinajstić information content (AvgIpc) is 2.69. The molecule has 172 valence electrons. The van der Waals surface area contributed by atoms with Crippen molar-refractivity contribution in [3.63, 3.8) is 0 Å². The molecule has 1 amide bonds. The minimum Gasteiger partial charge on any atom is -0.382 e. The van der Waals surface area contributed by atoms with E-state index in [1.807, 2.05) is 0 Å². The lowest BCUT2D eigenvalue weighted by atomic mass is 10.2. The molecule has 0 aliphatic heterocycles. The van der Waals surface area contributed by atoms with Crippen molar-refractivity contribution >= 4 is 38.6 Å². The van der Waals surface area contributed by atoms with Crippen molar-refractivity contribution in [2.45, 2.75) is 11.1 Å². The molecule has 2 aromatic rings. The van der Waals surface area contributed by atoms with Crippen LogP contribution < -0.4 is 0 Å². The third-order valence-electron chi connectivity index (χ3n) is 3.87. The number of benzene rings is 1.